The van der Waals surface area contributed by atoms with Gasteiger partial charge >= 0.3 is 5.97 Å². The number of aromatic nitrogens is 2. The lowest BCUT2D eigenvalue weighted by Crippen LogP contribution is -2.42. The fourth-order valence-electron chi connectivity index (χ4n) is 2.41. The van der Waals surface area contributed by atoms with Crippen LogP contribution in [0.25, 0.3) is 0 Å². The molecule has 0 aliphatic rings. The highest BCUT2D eigenvalue weighted by molar-refractivity contribution is 7.98. The molecule has 1 N–H and O–H groups in total. The van der Waals surface area contributed by atoms with Crippen molar-refractivity contribution < 1.29 is 14.3 Å². The van der Waals surface area contributed by atoms with Crippen molar-refractivity contribution in [2.75, 3.05) is 6.61 Å². The zero-order valence-electron chi connectivity index (χ0n) is 16.3. The molecule has 2 aromatic rings. The second kappa shape index (κ2) is 8.99. The van der Waals surface area contributed by atoms with E-state index in [0.717, 1.165) is 17.0 Å². The van der Waals surface area contributed by atoms with Crippen molar-refractivity contribution in [3.63, 3.8) is 0 Å². The van der Waals surface area contributed by atoms with Gasteiger partial charge in [-0.3, -0.25) is 4.79 Å². The topological polar surface area (TPSA) is 81.2 Å². The monoisotopic (exact) mass is 387 g/mol. The van der Waals surface area contributed by atoms with Crippen molar-refractivity contribution in [2.24, 2.45) is 0 Å². The van der Waals surface area contributed by atoms with E-state index in [1.807, 2.05) is 52.8 Å². The van der Waals surface area contributed by atoms with Gasteiger partial charge in [0.25, 0.3) is 5.91 Å². The van der Waals surface area contributed by atoms with Crippen LogP contribution in [0.1, 0.15) is 48.1 Å². The van der Waals surface area contributed by atoms with Crippen molar-refractivity contribution in [1.29, 1.82) is 0 Å². The zero-order valence-corrected chi connectivity index (χ0v) is 17.1. The number of hydrogen-bond donors (Lipinski definition) is 1. The molecular formula is C20H25N3O3S. The van der Waals surface area contributed by atoms with Crippen LogP contribution in [0.2, 0.25) is 0 Å². The predicted octanol–water partition coefficient (Wildman–Crippen LogP) is 3.46. The second-order valence-electron chi connectivity index (χ2n) is 7.25. The summed E-state index contributed by atoms with van der Waals surface area (Å²) in [5.41, 5.74) is 2.69. The molecule has 1 amide bonds. The average Bonchev–Trinajstić information content (AvgIpc) is 2.56. The molecule has 7 heteroatoms. The van der Waals surface area contributed by atoms with Crippen LogP contribution in [0.3, 0.4) is 0 Å². The summed E-state index contributed by atoms with van der Waals surface area (Å²) in [5.74, 6) is -0.314. The SMILES string of the molecule is Cc1cc(C)nc(SCc2ccccc2C(=O)OCC(=O)NC(C)(C)C)n1. The summed E-state index contributed by atoms with van der Waals surface area (Å²) < 4.78 is 5.18. The first-order valence-corrected chi connectivity index (χ1v) is 9.64. The highest BCUT2D eigenvalue weighted by atomic mass is 32.2. The van der Waals surface area contributed by atoms with E-state index in [1.165, 1.54) is 11.8 Å². The summed E-state index contributed by atoms with van der Waals surface area (Å²) in [6.45, 7) is 9.15. The molecule has 1 aromatic heterocycles. The van der Waals surface area contributed by atoms with Gasteiger partial charge in [-0.1, -0.05) is 30.0 Å². The summed E-state index contributed by atoms with van der Waals surface area (Å²) in [6.07, 6.45) is 0. The van der Waals surface area contributed by atoms with Crippen molar-refractivity contribution in [3.8, 4) is 0 Å². The van der Waals surface area contributed by atoms with Crippen LogP contribution in [0, 0.1) is 13.8 Å². The highest BCUT2D eigenvalue weighted by Crippen LogP contribution is 2.22. The number of aryl methyl sites for hydroxylation is 2. The maximum atomic E-state index is 12.4. The van der Waals surface area contributed by atoms with Gasteiger partial charge in [-0.05, 0) is 52.3 Å². The van der Waals surface area contributed by atoms with E-state index in [0.29, 0.717) is 16.5 Å². The number of thioether (sulfide) groups is 1. The minimum absolute atomic E-state index is 0.308. The minimum Gasteiger partial charge on any atom is -0.452 e. The maximum absolute atomic E-state index is 12.4. The van der Waals surface area contributed by atoms with Gasteiger partial charge in [-0.25, -0.2) is 14.8 Å². The van der Waals surface area contributed by atoms with Gasteiger partial charge in [0.15, 0.2) is 11.8 Å². The Morgan fingerprint density at radius 3 is 2.37 bits per heavy atom. The number of amides is 1. The number of hydrogen-bond acceptors (Lipinski definition) is 6. The maximum Gasteiger partial charge on any atom is 0.338 e. The van der Waals surface area contributed by atoms with Gasteiger partial charge in [-0.15, -0.1) is 0 Å². The van der Waals surface area contributed by atoms with Gasteiger partial charge in [0.1, 0.15) is 0 Å². The quantitative estimate of drug-likeness (QED) is 0.464. The minimum atomic E-state index is -0.517. The Labute approximate surface area is 164 Å². The molecule has 0 atom stereocenters. The Balaban J connectivity index is 2.02. The molecule has 27 heavy (non-hydrogen) atoms. The molecule has 0 spiro atoms. The zero-order chi connectivity index (χ0) is 20.0. The molecule has 144 valence electrons. The fourth-order valence-corrected chi connectivity index (χ4v) is 3.36. The molecule has 0 fully saturated rings. The molecular weight excluding hydrogens is 362 g/mol. The summed E-state index contributed by atoms with van der Waals surface area (Å²) >= 11 is 1.46. The number of benzene rings is 1. The Kier molecular flexibility index (Phi) is 6.96. The van der Waals surface area contributed by atoms with Gasteiger partial charge in [0.2, 0.25) is 0 Å². The lowest BCUT2D eigenvalue weighted by atomic mass is 10.1. The van der Waals surface area contributed by atoms with E-state index in [2.05, 4.69) is 15.3 Å². The van der Waals surface area contributed by atoms with Crippen LogP contribution in [-0.2, 0) is 15.3 Å². The summed E-state index contributed by atoms with van der Waals surface area (Å²) in [7, 11) is 0. The Hall–Kier alpha value is -2.41. The Bertz CT molecular complexity index is 811. The number of carbonyl (C=O) groups is 2. The van der Waals surface area contributed by atoms with Crippen LogP contribution in [-0.4, -0.2) is 34.0 Å². The molecule has 0 bridgehead atoms. The third kappa shape index (κ3) is 7.02. The summed E-state index contributed by atoms with van der Waals surface area (Å²) in [4.78, 5) is 33.1. The third-order valence-corrected chi connectivity index (χ3v) is 4.30. The first kappa shape index (κ1) is 20.9. The van der Waals surface area contributed by atoms with Crippen molar-refractivity contribution in [3.05, 3.63) is 52.8 Å². The van der Waals surface area contributed by atoms with Crippen LogP contribution in [0.5, 0.6) is 0 Å². The second-order valence-corrected chi connectivity index (χ2v) is 8.20. The van der Waals surface area contributed by atoms with Crippen LogP contribution < -0.4 is 5.32 Å². The Morgan fingerprint density at radius 1 is 1.11 bits per heavy atom. The number of carbonyl (C=O) groups excluding carboxylic acids is 2. The van der Waals surface area contributed by atoms with Gasteiger partial charge in [-0.2, -0.15) is 0 Å². The number of esters is 1. The average molecular weight is 388 g/mol. The van der Waals surface area contributed by atoms with Crippen molar-refractivity contribution in [1.82, 2.24) is 15.3 Å². The summed E-state index contributed by atoms with van der Waals surface area (Å²) in [6, 6.07) is 9.11. The number of rotatable bonds is 6. The van der Waals surface area contributed by atoms with Gasteiger partial charge < -0.3 is 10.1 Å². The molecule has 0 aliphatic carbocycles. The number of nitrogens with one attached hydrogen (secondary N) is 1. The molecule has 1 heterocycles. The predicted molar refractivity (Wildman–Crippen MR) is 106 cm³/mol. The highest BCUT2D eigenvalue weighted by Gasteiger charge is 2.17. The lowest BCUT2D eigenvalue weighted by Gasteiger charge is -2.20. The first-order valence-electron chi connectivity index (χ1n) is 8.65. The normalized spacial score (nSPS) is 11.1. The lowest BCUT2D eigenvalue weighted by molar-refractivity contribution is -0.125. The van der Waals surface area contributed by atoms with Crippen LogP contribution >= 0.6 is 11.8 Å². The fraction of sp³-hybridized carbons (Fsp3) is 0.400. The van der Waals surface area contributed by atoms with E-state index in [-0.39, 0.29) is 18.1 Å². The van der Waals surface area contributed by atoms with Crippen molar-refractivity contribution >= 4 is 23.6 Å². The molecule has 0 saturated heterocycles. The van der Waals surface area contributed by atoms with E-state index < -0.39 is 5.97 Å². The van der Waals surface area contributed by atoms with Crippen LogP contribution in [0.4, 0.5) is 0 Å². The van der Waals surface area contributed by atoms with Gasteiger partial charge in [0.05, 0.1) is 5.56 Å². The third-order valence-electron chi connectivity index (χ3n) is 3.40. The van der Waals surface area contributed by atoms with Crippen molar-refractivity contribution in [2.45, 2.75) is 51.1 Å². The Morgan fingerprint density at radius 2 is 1.74 bits per heavy atom. The van der Waals surface area contributed by atoms with E-state index in [1.54, 1.807) is 12.1 Å². The van der Waals surface area contributed by atoms with E-state index in [9.17, 15) is 9.59 Å². The van der Waals surface area contributed by atoms with Gasteiger partial charge in [0, 0.05) is 22.7 Å². The van der Waals surface area contributed by atoms with E-state index in [4.69, 9.17) is 4.74 Å². The first-order chi connectivity index (χ1) is 12.6. The molecule has 0 aliphatic heterocycles. The molecule has 0 radical (unpaired) electrons. The molecule has 0 unspecified atom stereocenters. The van der Waals surface area contributed by atoms with E-state index >= 15 is 0 Å². The number of ether oxygens (including phenoxy) is 1. The largest absolute Gasteiger partial charge is 0.452 e. The van der Waals surface area contributed by atoms with Crippen LogP contribution in [0.15, 0.2) is 35.5 Å². The standard InChI is InChI=1S/C20H25N3O3S/c1-13-10-14(2)22-19(21-13)27-12-15-8-6-7-9-16(15)18(25)26-11-17(24)23-20(3,4)5/h6-10H,11-12H2,1-5H3,(H,23,24). The molecule has 1 aromatic carbocycles. The molecule has 2 rings (SSSR count). The molecule has 0 saturated carbocycles. The molecule has 6 nitrogen and oxygen atoms in total. The smallest absolute Gasteiger partial charge is 0.338 e. The number of nitrogens with zero attached hydrogens (tertiary/aromatic N) is 2. The summed E-state index contributed by atoms with van der Waals surface area (Å²) in [5, 5.41) is 3.43.